The zero-order valence-electron chi connectivity index (χ0n) is 13.0. The van der Waals surface area contributed by atoms with E-state index in [-0.39, 0.29) is 0 Å². The highest BCUT2D eigenvalue weighted by atomic mass is 16.5. The van der Waals surface area contributed by atoms with Gasteiger partial charge in [-0.1, -0.05) is 36.8 Å². The number of benzene rings is 2. The lowest BCUT2D eigenvalue weighted by atomic mass is 10.1. The highest BCUT2D eigenvalue weighted by Crippen LogP contribution is 2.14. The fraction of sp³-hybridized carbons (Fsp3) is 0.316. The minimum absolute atomic E-state index is 0.377. The number of aliphatic imine (C=N–C) groups is 1. The molecule has 1 atom stereocenters. The highest BCUT2D eigenvalue weighted by Gasteiger charge is 1.97. The topological polar surface area (TPSA) is 21.6 Å². The van der Waals surface area contributed by atoms with Crippen molar-refractivity contribution in [2.45, 2.75) is 39.8 Å². The minimum atomic E-state index is 0.377. The van der Waals surface area contributed by atoms with Crippen molar-refractivity contribution in [1.29, 1.82) is 0 Å². The predicted octanol–water partition coefficient (Wildman–Crippen LogP) is 4.79. The van der Waals surface area contributed by atoms with Crippen molar-refractivity contribution in [3.8, 4) is 5.75 Å². The van der Waals surface area contributed by atoms with E-state index in [1.54, 1.807) is 0 Å². The molecule has 0 aliphatic carbocycles. The third-order valence-corrected chi connectivity index (χ3v) is 3.44. The van der Waals surface area contributed by atoms with Gasteiger partial charge in [0.25, 0.3) is 0 Å². The predicted molar refractivity (Wildman–Crippen MR) is 89.3 cm³/mol. The van der Waals surface area contributed by atoms with Crippen LogP contribution in [-0.2, 0) is 6.61 Å². The van der Waals surface area contributed by atoms with E-state index in [4.69, 9.17) is 4.74 Å². The molecular weight excluding hydrogens is 258 g/mol. The summed E-state index contributed by atoms with van der Waals surface area (Å²) in [6.45, 7) is 6.96. The van der Waals surface area contributed by atoms with Crippen molar-refractivity contribution >= 4 is 6.21 Å². The number of nitrogens with zero attached hydrogens (tertiary/aromatic N) is 1. The van der Waals surface area contributed by atoms with Crippen molar-refractivity contribution < 1.29 is 4.74 Å². The summed E-state index contributed by atoms with van der Waals surface area (Å²) in [4.78, 5) is 4.48. The average molecular weight is 281 g/mol. The van der Waals surface area contributed by atoms with Crippen LogP contribution in [0, 0.1) is 6.92 Å². The molecule has 0 aliphatic heterocycles. The molecule has 1 unspecified atom stereocenters. The van der Waals surface area contributed by atoms with E-state index in [0.29, 0.717) is 12.6 Å². The molecule has 0 aliphatic rings. The number of rotatable bonds is 6. The standard InChI is InChI=1S/C19H23NO/c1-4-16(3)20-13-17-8-10-19(11-9-17)21-14-18-7-5-6-15(2)12-18/h5-13,16H,4,14H2,1-3H3. The molecule has 0 amide bonds. The molecule has 2 rings (SSSR count). The second-order valence-corrected chi connectivity index (χ2v) is 5.38. The third kappa shape index (κ3) is 5.07. The lowest BCUT2D eigenvalue weighted by Gasteiger charge is -2.07. The Morgan fingerprint density at radius 3 is 2.57 bits per heavy atom. The third-order valence-electron chi connectivity index (χ3n) is 3.44. The molecule has 2 nitrogen and oxygen atoms in total. The van der Waals surface area contributed by atoms with Gasteiger partial charge in [0, 0.05) is 12.3 Å². The zero-order chi connectivity index (χ0) is 15.1. The van der Waals surface area contributed by atoms with Gasteiger partial charge in [0.15, 0.2) is 0 Å². The first-order chi connectivity index (χ1) is 10.2. The summed E-state index contributed by atoms with van der Waals surface area (Å²) >= 11 is 0. The molecule has 0 bridgehead atoms. The van der Waals surface area contributed by atoms with Gasteiger partial charge in [0.1, 0.15) is 12.4 Å². The molecular formula is C19H23NO. The fourth-order valence-corrected chi connectivity index (χ4v) is 1.94. The summed E-state index contributed by atoms with van der Waals surface area (Å²) in [6.07, 6.45) is 2.99. The van der Waals surface area contributed by atoms with Crippen molar-refractivity contribution in [2.75, 3.05) is 0 Å². The summed E-state index contributed by atoms with van der Waals surface area (Å²) in [5.41, 5.74) is 3.56. The van der Waals surface area contributed by atoms with Crippen molar-refractivity contribution in [3.05, 3.63) is 65.2 Å². The molecule has 0 aromatic heterocycles. The molecule has 0 heterocycles. The van der Waals surface area contributed by atoms with Gasteiger partial charge in [-0.2, -0.15) is 0 Å². The summed E-state index contributed by atoms with van der Waals surface area (Å²) in [7, 11) is 0. The van der Waals surface area contributed by atoms with Crippen LogP contribution in [0.3, 0.4) is 0 Å². The lowest BCUT2D eigenvalue weighted by molar-refractivity contribution is 0.306. The van der Waals surface area contributed by atoms with Crippen LogP contribution in [0.1, 0.15) is 37.0 Å². The monoisotopic (exact) mass is 281 g/mol. The summed E-state index contributed by atoms with van der Waals surface area (Å²) in [5, 5.41) is 0. The molecule has 21 heavy (non-hydrogen) atoms. The summed E-state index contributed by atoms with van der Waals surface area (Å²) < 4.78 is 5.80. The Labute approximate surface area is 127 Å². The second kappa shape index (κ2) is 7.63. The van der Waals surface area contributed by atoms with E-state index in [0.717, 1.165) is 17.7 Å². The number of ether oxygens (including phenoxy) is 1. The van der Waals surface area contributed by atoms with Crippen LogP contribution in [0.4, 0.5) is 0 Å². The Morgan fingerprint density at radius 2 is 1.90 bits per heavy atom. The molecule has 0 spiro atoms. The highest BCUT2D eigenvalue weighted by molar-refractivity contribution is 5.79. The Balaban J connectivity index is 1.92. The van der Waals surface area contributed by atoms with Crippen LogP contribution in [0.2, 0.25) is 0 Å². The van der Waals surface area contributed by atoms with Gasteiger partial charge in [-0.3, -0.25) is 4.99 Å². The number of hydrogen-bond acceptors (Lipinski definition) is 2. The number of hydrogen-bond donors (Lipinski definition) is 0. The molecule has 0 N–H and O–H groups in total. The quantitative estimate of drug-likeness (QED) is 0.697. The van der Waals surface area contributed by atoms with Gasteiger partial charge in [-0.25, -0.2) is 0 Å². The number of aryl methyl sites for hydroxylation is 1. The van der Waals surface area contributed by atoms with E-state index in [1.807, 2.05) is 30.5 Å². The van der Waals surface area contributed by atoms with Crippen molar-refractivity contribution in [2.24, 2.45) is 4.99 Å². The van der Waals surface area contributed by atoms with Gasteiger partial charge in [0.2, 0.25) is 0 Å². The summed E-state index contributed by atoms with van der Waals surface area (Å²) in [5.74, 6) is 0.886. The zero-order valence-corrected chi connectivity index (χ0v) is 13.0. The van der Waals surface area contributed by atoms with Crippen molar-refractivity contribution in [1.82, 2.24) is 0 Å². The van der Waals surface area contributed by atoms with Crippen LogP contribution in [0.5, 0.6) is 5.75 Å². The van der Waals surface area contributed by atoms with E-state index in [2.05, 4.69) is 50.0 Å². The maximum atomic E-state index is 5.80. The normalized spacial score (nSPS) is 12.5. The van der Waals surface area contributed by atoms with Crippen LogP contribution in [0.15, 0.2) is 53.5 Å². The van der Waals surface area contributed by atoms with Gasteiger partial charge in [-0.05, 0) is 55.7 Å². The summed E-state index contributed by atoms with van der Waals surface area (Å²) in [6, 6.07) is 16.8. The molecule has 0 fully saturated rings. The maximum Gasteiger partial charge on any atom is 0.119 e. The average Bonchev–Trinajstić information content (AvgIpc) is 2.51. The van der Waals surface area contributed by atoms with Crippen LogP contribution >= 0.6 is 0 Å². The van der Waals surface area contributed by atoms with E-state index >= 15 is 0 Å². The first-order valence-corrected chi connectivity index (χ1v) is 7.49. The van der Waals surface area contributed by atoms with Gasteiger partial charge < -0.3 is 4.74 Å². The molecule has 0 saturated carbocycles. The Morgan fingerprint density at radius 1 is 1.14 bits per heavy atom. The second-order valence-electron chi connectivity index (χ2n) is 5.38. The van der Waals surface area contributed by atoms with E-state index in [9.17, 15) is 0 Å². The minimum Gasteiger partial charge on any atom is -0.489 e. The van der Waals surface area contributed by atoms with Crippen LogP contribution < -0.4 is 4.74 Å². The van der Waals surface area contributed by atoms with Crippen LogP contribution in [0.25, 0.3) is 0 Å². The Bertz CT molecular complexity index is 587. The van der Waals surface area contributed by atoms with Gasteiger partial charge in [-0.15, -0.1) is 0 Å². The lowest BCUT2D eigenvalue weighted by Crippen LogP contribution is -1.97. The van der Waals surface area contributed by atoms with Gasteiger partial charge >= 0.3 is 0 Å². The maximum absolute atomic E-state index is 5.80. The molecule has 110 valence electrons. The smallest absolute Gasteiger partial charge is 0.119 e. The Kier molecular flexibility index (Phi) is 5.56. The molecule has 2 aromatic carbocycles. The fourth-order valence-electron chi connectivity index (χ4n) is 1.94. The first kappa shape index (κ1) is 15.3. The van der Waals surface area contributed by atoms with Crippen molar-refractivity contribution in [3.63, 3.8) is 0 Å². The van der Waals surface area contributed by atoms with Gasteiger partial charge in [0.05, 0.1) is 0 Å². The molecule has 2 aromatic rings. The van der Waals surface area contributed by atoms with E-state index < -0.39 is 0 Å². The largest absolute Gasteiger partial charge is 0.489 e. The molecule has 2 heteroatoms. The Hall–Kier alpha value is -2.09. The SMILES string of the molecule is CCC(C)N=Cc1ccc(OCc2cccc(C)c2)cc1. The molecule has 0 saturated heterocycles. The van der Waals surface area contributed by atoms with Crippen LogP contribution in [-0.4, -0.2) is 12.3 Å². The van der Waals surface area contributed by atoms with E-state index in [1.165, 1.54) is 11.1 Å². The molecule has 0 radical (unpaired) electrons. The first-order valence-electron chi connectivity index (χ1n) is 7.49.